The van der Waals surface area contributed by atoms with Crippen LogP contribution < -0.4 is 11.1 Å². The normalized spacial score (nSPS) is 17.7. The molecule has 0 heterocycles. The lowest BCUT2D eigenvalue weighted by Gasteiger charge is -2.22. The van der Waals surface area contributed by atoms with Gasteiger partial charge in [-0.15, -0.1) is 0 Å². The number of amides is 1. The highest BCUT2D eigenvalue weighted by Crippen LogP contribution is 2.30. The lowest BCUT2D eigenvalue weighted by atomic mass is 9.94. The molecule has 1 aliphatic rings. The highest BCUT2D eigenvalue weighted by Gasteiger charge is 2.31. The minimum Gasteiger partial charge on any atom is -0.326 e. The fraction of sp³-hybridized carbons (Fsp3) is 0.500. The molecule has 1 aromatic carbocycles. The molecule has 4 heteroatoms. The molecular weight excluding hydrogens is 292 g/mol. The Kier molecular flexibility index (Phi) is 4.07. The van der Waals surface area contributed by atoms with Gasteiger partial charge in [0.1, 0.15) is 0 Å². The van der Waals surface area contributed by atoms with Crippen molar-refractivity contribution < 1.29 is 4.79 Å². The maximum Gasteiger partial charge on any atom is 0.226 e. The third-order valence-electron chi connectivity index (χ3n) is 3.59. The van der Waals surface area contributed by atoms with E-state index in [0.29, 0.717) is 6.42 Å². The van der Waals surface area contributed by atoms with E-state index in [1.54, 1.807) is 0 Å². The van der Waals surface area contributed by atoms with Crippen LogP contribution in [-0.4, -0.2) is 11.4 Å². The molecule has 1 aliphatic carbocycles. The number of halogens is 1. The minimum atomic E-state index is -0.288. The van der Waals surface area contributed by atoms with Crippen molar-refractivity contribution in [2.24, 2.45) is 5.73 Å². The van der Waals surface area contributed by atoms with Gasteiger partial charge in [0.05, 0.1) is 0 Å². The van der Waals surface area contributed by atoms with Gasteiger partial charge in [0.2, 0.25) is 5.91 Å². The molecule has 3 N–H and O–H groups in total. The summed E-state index contributed by atoms with van der Waals surface area (Å²) < 4.78 is 0.965. The van der Waals surface area contributed by atoms with Crippen molar-refractivity contribution in [3.63, 3.8) is 0 Å². The zero-order valence-electron chi connectivity index (χ0n) is 10.6. The second-order valence-corrected chi connectivity index (χ2v) is 6.17. The van der Waals surface area contributed by atoms with E-state index in [0.717, 1.165) is 41.4 Å². The van der Waals surface area contributed by atoms with E-state index in [2.05, 4.69) is 21.2 Å². The van der Waals surface area contributed by atoms with E-state index in [1.165, 1.54) is 0 Å². The first-order valence-corrected chi connectivity index (χ1v) is 7.13. The summed E-state index contributed by atoms with van der Waals surface area (Å²) >= 11 is 3.41. The van der Waals surface area contributed by atoms with E-state index in [-0.39, 0.29) is 11.4 Å². The maximum absolute atomic E-state index is 12.0. The molecule has 1 fully saturated rings. The Bertz CT molecular complexity index is 453. The second kappa shape index (κ2) is 5.41. The summed E-state index contributed by atoms with van der Waals surface area (Å²) in [6.07, 6.45) is 4.61. The average molecular weight is 311 g/mol. The molecule has 1 aromatic rings. The Morgan fingerprint density at radius 3 is 2.78 bits per heavy atom. The molecule has 3 nitrogen and oxygen atoms in total. The van der Waals surface area contributed by atoms with Crippen LogP contribution in [0, 0.1) is 6.92 Å². The van der Waals surface area contributed by atoms with Crippen LogP contribution in [0.5, 0.6) is 0 Å². The number of carbonyl (C=O) groups excluding carboxylic acids is 1. The first-order valence-electron chi connectivity index (χ1n) is 6.33. The smallest absolute Gasteiger partial charge is 0.226 e. The quantitative estimate of drug-likeness (QED) is 0.899. The molecule has 0 bridgehead atoms. The highest BCUT2D eigenvalue weighted by molar-refractivity contribution is 9.10. The fourth-order valence-corrected chi connectivity index (χ4v) is 2.86. The summed E-state index contributed by atoms with van der Waals surface area (Å²) in [5.41, 5.74) is 7.84. The lowest BCUT2D eigenvalue weighted by molar-refractivity contribution is -0.117. The molecule has 0 saturated heterocycles. The predicted molar refractivity (Wildman–Crippen MR) is 77.5 cm³/mol. The molecular formula is C14H19BrN2O. The SMILES string of the molecule is Cc1ccc(Br)cc1NC(=O)CC1(N)CCCC1. The molecule has 0 aliphatic heterocycles. The van der Waals surface area contributed by atoms with Gasteiger partial charge in [0, 0.05) is 22.1 Å². The Morgan fingerprint density at radius 2 is 2.11 bits per heavy atom. The van der Waals surface area contributed by atoms with Crippen molar-refractivity contribution >= 4 is 27.5 Å². The minimum absolute atomic E-state index is 0.0144. The number of rotatable bonds is 3. The number of anilines is 1. The fourth-order valence-electron chi connectivity index (χ4n) is 2.50. The third kappa shape index (κ3) is 3.33. The number of carbonyl (C=O) groups is 1. The molecule has 1 saturated carbocycles. The Balaban J connectivity index is 2.00. The summed E-state index contributed by atoms with van der Waals surface area (Å²) in [5.74, 6) is 0.0144. The Labute approximate surface area is 116 Å². The summed E-state index contributed by atoms with van der Waals surface area (Å²) in [4.78, 5) is 12.0. The van der Waals surface area contributed by atoms with Crippen molar-refractivity contribution in [1.82, 2.24) is 0 Å². The highest BCUT2D eigenvalue weighted by atomic mass is 79.9. The van der Waals surface area contributed by atoms with Crippen LogP contribution in [0.3, 0.4) is 0 Å². The molecule has 0 aromatic heterocycles. The summed E-state index contributed by atoms with van der Waals surface area (Å²) in [5, 5.41) is 2.95. The summed E-state index contributed by atoms with van der Waals surface area (Å²) in [6, 6.07) is 5.87. The number of benzene rings is 1. The van der Waals surface area contributed by atoms with E-state index in [1.807, 2.05) is 25.1 Å². The van der Waals surface area contributed by atoms with Crippen LogP contribution in [0.1, 0.15) is 37.7 Å². The topological polar surface area (TPSA) is 55.1 Å². The lowest BCUT2D eigenvalue weighted by Crippen LogP contribution is -2.40. The predicted octanol–water partition coefficient (Wildman–Crippen LogP) is 3.36. The zero-order valence-corrected chi connectivity index (χ0v) is 12.2. The molecule has 1 amide bonds. The van der Waals surface area contributed by atoms with Gasteiger partial charge in [0.15, 0.2) is 0 Å². The molecule has 0 radical (unpaired) electrons. The van der Waals surface area contributed by atoms with E-state index in [4.69, 9.17) is 5.73 Å². The first-order chi connectivity index (χ1) is 8.48. The monoisotopic (exact) mass is 310 g/mol. The first kappa shape index (κ1) is 13.6. The second-order valence-electron chi connectivity index (χ2n) is 5.25. The van der Waals surface area contributed by atoms with Crippen LogP contribution in [0.15, 0.2) is 22.7 Å². The number of hydrogen-bond donors (Lipinski definition) is 2. The van der Waals surface area contributed by atoms with Gasteiger partial charge < -0.3 is 11.1 Å². The number of aryl methyl sites for hydroxylation is 1. The Hall–Kier alpha value is -0.870. The van der Waals surface area contributed by atoms with Gasteiger partial charge in [-0.05, 0) is 37.5 Å². The van der Waals surface area contributed by atoms with Gasteiger partial charge in [-0.2, -0.15) is 0 Å². The van der Waals surface area contributed by atoms with Gasteiger partial charge in [0.25, 0.3) is 0 Å². The molecule has 0 spiro atoms. The molecule has 2 rings (SSSR count). The molecule has 0 unspecified atom stereocenters. The van der Waals surface area contributed by atoms with Crippen molar-refractivity contribution in [1.29, 1.82) is 0 Å². The van der Waals surface area contributed by atoms with Crippen LogP contribution in [0.4, 0.5) is 5.69 Å². The van der Waals surface area contributed by atoms with Gasteiger partial charge >= 0.3 is 0 Å². The number of nitrogens with two attached hydrogens (primary N) is 1. The average Bonchev–Trinajstić information content (AvgIpc) is 2.70. The van der Waals surface area contributed by atoms with Crippen LogP contribution >= 0.6 is 15.9 Å². The molecule has 0 atom stereocenters. The zero-order chi connectivity index (χ0) is 13.2. The van der Waals surface area contributed by atoms with E-state index in [9.17, 15) is 4.79 Å². The van der Waals surface area contributed by atoms with Crippen LogP contribution in [0.25, 0.3) is 0 Å². The van der Waals surface area contributed by atoms with Crippen molar-refractivity contribution in [3.05, 3.63) is 28.2 Å². The summed E-state index contributed by atoms with van der Waals surface area (Å²) in [6.45, 7) is 1.98. The Morgan fingerprint density at radius 1 is 1.44 bits per heavy atom. The van der Waals surface area contributed by atoms with E-state index >= 15 is 0 Å². The summed E-state index contributed by atoms with van der Waals surface area (Å²) in [7, 11) is 0. The van der Waals surface area contributed by atoms with Crippen LogP contribution in [-0.2, 0) is 4.79 Å². The van der Waals surface area contributed by atoms with Gasteiger partial charge in [-0.1, -0.05) is 34.8 Å². The third-order valence-corrected chi connectivity index (χ3v) is 4.08. The van der Waals surface area contributed by atoms with Crippen molar-refractivity contribution in [3.8, 4) is 0 Å². The maximum atomic E-state index is 12.0. The standard InChI is InChI=1S/C14H19BrN2O/c1-10-4-5-11(15)8-12(10)17-13(18)9-14(16)6-2-3-7-14/h4-5,8H,2-3,6-7,9,16H2,1H3,(H,17,18). The molecule has 18 heavy (non-hydrogen) atoms. The largest absolute Gasteiger partial charge is 0.326 e. The van der Waals surface area contributed by atoms with Gasteiger partial charge in [-0.3, -0.25) is 4.79 Å². The molecule has 98 valence electrons. The number of nitrogens with one attached hydrogen (secondary N) is 1. The van der Waals surface area contributed by atoms with Crippen molar-refractivity contribution in [2.75, 3.05) is 5.32 Å². The van der Waals surface area contributed by atoms with E-state index < -0.39 is 0 Å². The van der Waals surface area contributed by atoms with Crippen LogP contribution in [0.2, 0.25) is 0 Å². The van der Waals surface area contributed by atoms with Crippen molar-refractivity contribution in [2.45, 2.75) is 44.6 Å². The number of hydrogen-bond acceptors (Lipinski definition) is 2. The van der Waals surface area contributed by atoms with Gasteiger partial charge in [-0.25, -0.2) is 0 Å².